The Balaban J connectivity index is 1.77. The third-order valence-electron chi connectivity index (χ3n) is 3.09. The summed E-state index contributed by atoms with van der Waals surface area (Å²) in [6, 6.07) is 12.5. The monoisotopic (exact) mass is 259 g/mol. The predicted molar refractivity (Wildman–Crippen MR) is 74.7 cm³/mol. The van der Waals surface area contributed by atoms with Crippen LogP contribution in [0, 0.1) is 12.7 Å². The van der Waals surface area contributed by atoms with Crippen LogP contribution in [-0.2, 0) is 13.0 Å². The van der Waals surface area contributed by atoms with Gasteiger partial charge in [0.2, 0.25) is 0 Å². The molecule has 0 amide bonds. The molecule has 100 valence electrons. The third-order valence-corrected chi connectivity index (χ3v) is 3.09. The van der Waals surface area contributed by atoms with Gasteiger partial charge in [-0.1, -0.05) is 24.3 Å². The maximum atomic E-state index is 13.3. The summed E-state index contributed by atoms with van der Waals surface area (Å²) in [7, 11) is 0. The molecule has 0 aliphatic rings. The average molecular weight is 259 g/mol. The molecule has 3 heteroatoms. The fraction of sp³-hybridized carbons (Fsp3) is 0.250. The molecule has 2 nitrogen and oxygen atoms in total. The second-order valence-corrected chi connectivity index (χ2v) is 4.68. The lowest BCUT2D eigenvalue weighted by atomic mass is 10.1. The van der Waals surface area contributed by atoms with E-state index in [4.69, 9.17) is 0 Å². The fourth-order valence-electron chi connectivity index (χ4n) is 1.87. The SMILES string of the molecule is Cc1ccc(CNCCc2ccc(O)cc2)cc1F. The normalized spacial score (nSPS) is 10.6. The first kappa shape index (κ1) is 13.6. The zero-order valence-corrected chi connectivity index (χ0v) is 11.0. The number of hydrogen-bond acceptors (Lipinski definition) is 2. The molecule has 0 radical (unpaired) electrons. The molecule has 0 aromatic heterocycles. The Kier molecular flexibility index (Phi) is 4.53. The Hall–Kier alpha value is -1.87. The topological polar surface area (TPSA) is 32.3 Å². The molecule has 0 bridgehead atoms. The van der Waals surface area contributed by atoms with E-state index in [2.05, 4.69) is 5.32 Å². The van der Waals surface area contributed by atoms with E-state index in [1.807, 2.05) is 18.2 Å². The number of nitrogens with one attached hydrogen (secondary N) is 1. The maximum absolute atomic E-state index is 13.3. The molecule has 2 N–H and O–H groups in total. The highest BCUT2D eigenvalue weighted by Gasteiger charge is 1.99. The summed E-state index contributed by atoms with van der Waals surface area (Å²) >= 11 is 0. The van der Waals surface area contributed by atoms with Gasteiger partial charge in [-0.25, -0.2) is 4.39 Å². The molecule has 0 saturated heterocycles. The third kappa shape index (κ3) is 4.07. The van der Waals surface area contributed by atoms with E-state index in [0.29, 0.717) is 12.1 Å². The van der Waals surface area contributed by atoms with E-state index in [-0.39, 0.29) is 11.6 Å². The summed E-state index contributed by atoms with van der Waals surface area (Å²) in [4.78, 5) is 0. The smallest absolute Gasteiger partial charge is 0.126 e. The van der Waals surface area contributed by atoms with Crippen molar-refractivity contribution in [3.05, 3.63) is 65.0 Å². The Morgan fingerprint density at radius 3 is 2.42 bits per heavy atom. The first-order valence-electron chi connectivity index (χ1n) is 6.39. The molecule has 2 aromatic rings. The zero-order chi connectivity index (χ0) is 13.7. The number of aromatic hydroxyl groups is 1. The predicted octanol–water partition coefficient (Wildman–Crippen LogP) is 3.17. The van der Waals surface area contributed by atoms with Gasteiger partial charge in [0, 0.05) is 6.54 Å². The number of hydrogen-bond donors (Lipinski definition) is 2. The molecule has 0 unspecified atom stereocenters. The Labute approximate surface area is 112 Å². The van der Waals surface area contributed by atoms with Crippen LogP contribution in [0.15, 0.2) is 42.5 Å². The molecule has 0 spiro atoms. The van der Waals surface area contributed by atoms with Gasteiger partial charge in [0.25, 0.3) is 0 Å². The van der Waals surface area contributed by atoms with Crippen molar-refractivity contribution in [2.24, 2.45) is 0 Å². The summed E-state index contributed by atoms with van der Waals surface area (Å²) < 4.78 is 13.3. The molecule has 0 aliphatic heterocycles. The first-order chi connectivity index (χ1) is 9.15. The fourth-order valence-corrected chi connectivity index (χ4v) is 1.87. The van der Waals surface area contributed by atoms with Crippen LogP contribution in [0.1, 0.15) is 16.7 Å². The van der Waals surface area contributed by atoms with Gasteiger partial charge in [0.15, 0.2) is 0 Å². The molecule has 0 fully saturated rings. The number of halogens is 1. The number of phenolic OH excluding ortho intramolecular Hbond substituents is 1. The van der Waals surface area contributed by atoms with Gasteiger partial charge in [-0.3, -0.25) is 0 Å². The van der Waals surface area contributed by atoms with Crippen molar-refractivity contribution in [2.45, 2.75) is 19.9 Å². The zero-order valence-electron chi connectivity index (χ0n) is 11.0. The second-order valence-electron chi connectivity index (χ2n) is 4.68. The molecule has 2 rings (SSSR count). The van der Waals surface area contributed by atoms with Gasteiger partial charge in [-0.15, -0.1) is 0 Å². The van der Waals surface area contributed by atoms with E-state index in [1.54, 1.807) is 31.2 Å². The summed E-state index contributed by atoms with van der Waals surface area (Å²) in [6.07, 6.45) is 0.884. The molecule has 0 aliphatic carbocycles. The molecule has 0 heterocycles. The summed E-state index contributed by atoms with van der Waals surface area (Å²) in [5, 5.41) is 12.5. The lowest BCUT2D eigenvalue weighted by Gasteiger charge is -2.06. The molecule has 19 heavy (non-hydrogen) atoms. The number of rotatable bonds is 5. The van der Waals surface area contributed by atoms with Crippen LogP contribution in [0.2, 0.25) is 0 Å². The van der Waals surface area contributed by atoms with Crippen LogP contribution in [0.4, 0.5) is 4.39 Å². The van der Waals surface area contributed by atoms with Crippen LogP contribution in [-0.4, -0.2) is 11.7 Å². The van der Waals surface area contributed by atoms with Crippen molar-refractivity contribution in [1.29, 1.82) is 0 Å². The standard InChI is InChI=1S/C16H18FNO/c1-12-2-3-14(10-16(12)17)11-18-9-8-13-4-6-15(19)7-5-13/h2-7,10,18-19H,8-9,11H2,1H3. The van der Waals surface area contributed by atoms with Crippen LogP contribution in [0.5, 0.6) is 5.75 Å². The van der Waals surface area contributed by atoms with Gasteiger partial charge in [-0.05, 0) is 54.8 Å². The Morgan fingerprint density at radius 2 is 1.74 bits per heavy atom. The van der Waals surface area contributed by atoms with Crippen LogP contribution in [0.3, 0.4) is 0 Å². The maximum Gasteiger partial charge on any atom is 0.126 e. The lowest BCUT2D eigenvalue weighted by Crippen LogP contribution is -2.16. The van der Waals surface area contributed by atoms with E-state index in [1.165, 1.54) is 5.56 Å². The second kappa shape index (κ2) is 6.34. The molecule has 0 saturated carbocycles. The van der Waals surface area contributed by atoms with Gasteiger partial charge in [-0.2, -0.15) is 0 Å². The highest BCUT2D eigenvalue weighted by Crippen LogP contribution is 2.10. The summed E-state index contributed by atoms with van der Waals surface area (Å²) in [6.45, 7) is 3.24. The minimum absolute atomic E-state index is 0.155. The van der Waals surface area contributed by atoms with E-state index in [9.17, 15) is 9.50 Å². The summed E-state index contributed by atoms with van der Waals surface area (Å²) in [5.41, 5.74) is 2.79. The number of aryl methyl sites for hydroxylation is 1. The van der Waals surface area contributed by atoms with E-state index < -0.39 is 0 Å². The van der Waals surface area contributed by atoms with Crippen molar-refractivity contribution >= 4 is 0 Å². The minimum Gasteiger partial charge on any atom is -0.508 e. The van der Waals surface area contributed by atoms with Crippen molar-refractivity contribution in [3.8, 4) is 5.75 Å². The molecule has 2 aromatic carbocycles. The Morgan fingerprint density at radius 1 is 1.05 bits per heavy atom. The van der Waals surface area contributed by atoms with Gasteiger partial charge < -0.3 is 10.4 Å². The van der Waals surface area contributed by atoms with E-state index >= 15 is 0 Å². The molecule has 0 atom stereocenters. The van der Waals surface area contributed by atoms with Crippen molar-refractivity contribution in [3.63, 3.8) is 0 Å². The van der Waals surface area contributed by atoms with Gasteiger partial charge in [0.05, 0.1) is 0 Å². The number of benzene rings is 2. The van der Waals surface area contributed by atoms with Crippen molar-refractivity contribution < 1.29 is 9.50 Å². The number of phenols is 1. The van der Waals surface area contributed by atoms with Crippen molar-refractivity contribution in [2.75, 3.05) is 6.54 Å². The van der Waals surface area contributed by atoms with Gasteiger partial charge in [0.1, 0.15) is 11.6 Å². The average Bonchev–Trinajstić information content (AvgIpc) is 2.41. The quantitative estimate of drug-likeness (QED) is 0.808. The Bertz CT molecular complexity index is 537. The highest BCUT2D eigenvalue weighted by molar-refractivity contribution is 5.26. The van der Waals surface area contributed by atoms with Crippen LogP contribution in [0.25, 0.3) is 0 Å². The molecular weight excluding hydrogens is 241 g/mol. The van der Waals surface area contributed by atoms with Crippen LogP contribution >= 0.6 is 0 Å². The van der Waals surface area contributed by atoms with Crippen LogP contribution < -0.4 is 5.32 Å². The summed E-state index contributed by atoms with van der Waals surface area (Å²) in [5.74, 6) is 0.129. The van der Waals surface area contributed by atoms with E-state index in [0.717, 1.165) is 18.5 Å². The molecular formula is C16H18FNO. The highest BCUT2D eigenvalue weighted by atomic mass is 19.1. The van der Waals surface area contributed by atoms with Crippen molar-refractivity contribution in [1.82, 2.24) is 5.32 Å². The largest absolute Gasteiger partial charge is 0.508 e. The van der Waals surface area contributed by atoms with Gasteiger partial charge >= 0.3 is 0 Å². The first-order valence-corrected chi connectivity index (χ1v) is 6.39. The minimum atomic E-state index is -0.155. The lowest BCUT2D eigenvalue weighted by molar-refractivity contribution is 0.475.